The molecule has 0 radical (unpaired) electrons. The molecule has 0 saturated carbocycles. The van der Waals surface area contributed by atoms with Crippen molar-refractivity contribution in [3.8, 4) is 0 Å². The summed E-state index contributed by atoms with van der Waals surface area (Å²) in [4.78, 5) is 38.0. The van der Waals surface area contributed by atoms with Crippen molar-refractivity contribution in [2.45, 2.75) is 239 Å². The van der Waals surface area contributed by atoms with Gasteiger partial charge < -0.3 is 14.2 Å². The van der Waals surface area contributed by atoms with E-state index in [2.05, 4.69) is 154 Å². The van der Waals surface area contributed by atoms with Crippen LogP contribution < -0.4 is 0 Å². The van der Waals surface area contributed by atoms with Crippen LogP contribution >= 0.6 is 0 Å². The van der Waals surface area contributed by atoms with Gasteiger partial charge in [0.15, 0.2) is 6.10 Å². The summed E-state index contributed by atoms with van der Waals surface area (Å²) in [5.74, 6) is -1.08. The molecule has 6 nitrogen and oxygen atoms in total. The SMILES string of the molecule is CC/C=C\C/C=C\C/C=C\C/C=C\C/C=C\C/C=C\CCCCCCCCCCC(=O)OCC(COC(=O)CCCCCCC/C=C\CCCCC)OC(=O)C/C=C\C/C=C\C/C=C\C/C=C\C/C=C\CC. The third kappa shape index (κ3) is 56.2. The molecule has 0 aromatic rings. The van der Waals surface area contributed by atoms with Crippen molar-refractivity contribution in [3.05, 3.63) is 146 Å². The van der Waals surface area contributed by atoms with Gasteiger partial charge in [-0.2, -0.15) is 0 Å². The van der Waals surface area contributed by atoms with Crippen LogP contribution in [0.5, 0.6) is 0 Å². The zero-order valence-corrected chi connectivity index (χ0v) is 46.1. The highest BCUT2D eigenvalue weighted by molar-refractivity contribution is 5.72. The lowest BCUT2D eigenvalue weighted by Gasteiger charge is -2.18. The Labute approximate surface area is 442 Å². The quantitative estimate of drug-likeness (QED) is 0.0261. The molecular formula is C66H104O6. The van der Waals surface area contributed by atoms with Crippen LogP contribution in [0.15, 0.2) is 146 Å². The third-order valence-corrected chi connectivity index (χ3v) is 11.6. The molecule has 1 atom stereocenters. The number of hydrogen-bond donors (Lipinski definition) is 0. The predicted molar refractivity (Wildman–Crippen MR) is 311 cm³/mol. The minimum absolute atomic E-state index is 0.0873. The highest BCUT2D eigenvalue weighted by atomic mass is 16.6. The maximum Gasteiger partial charge on any atom is 0.310 e. The van der Waals surface area contributed by atoms with Gasteiger partial charge in [-0.15, -0.1) is 0 Å². The standard InChI is InChI=1S/C66H104O6/c1-4-7-10-13-16-19-22-25-27-28-29-30-31-32-33-34-35-36-37-38-40-41-44-47-50-53-56-59-65(68)71-62-63(61-70-64(67)58-55-52-49-46-43-24-21-18-15-12-9-6-3)72-66(69)60-57-54-51-48-45-42-39-26-23-20-17-14-11-8-5-2/h7-8,10-11,16-21,25-27,29-30,32-33,35-36,39,45,48,54,57,63H,4-6,9,12-15,22-24,28,31,34,37-38,40-44,46-47,49-53,55-56,58-62H2,1-3H3/b10-7-,11-8-,19-16-,20-17-,21-18-,27-25-,30-29-,33-32-,36-35-,39-26-,48-45-,57-54-. The molecule has 0 aliphatic heterocycles. The van der Waals surface area contributed by atoms with Crippen LogP contribution in [0, 0.1) is 0 Å². The molecule has 6 heteroatoms. The highest BCUT2D eigenvalue weighted by Gasteiger charge is 2.19. The van der Waals surface area contributed by atoms with E-state index in [0.717, 1.165) is 122 Å². The lowest BCUT2D eigenvalue weighted by Crippen LogP contribution is -2.30. The Balaban J connectivity index is 4.41. The number of hydrogen-bond acceptors (Lipinski definition) is 6. The molecule has 0 rings (SSSR count). The second kappa shape index (κ2) is 58.9. The van der Waals surface area contributed by atoms with Crippen molar-refractivity contribution in [1.29, 1.82) is 0 Å². The van der Waals surface area contributed by atoms with Crippen LogP contribution in [-0.4, -0.2) is 37.2 Å². The lowest BCUT2D eigenvalue weighted by molar-refractivity contribution is -0.166. The van der Waals surface area contributed by atoms with Gasteiger partial charge in [0.1, 0.15) is 13.2 Å². The van der Waals surface area contributed by atoms with E-state index < -0.39 is 12.1 Å². The number of allylic oxidation sites excluding steroid dienone is 23. The number of ether oxygens (including phenoxy) is 3. The molecular weight excluding hydrogens is 889 g/mol. The molecule has 0 fully saturated rings. The maximum atomic E-state index is 12.8. The van der Waals surface area contributed by atoms with E-state index in [-0.39, 0.29) is 31.6 Å². The molecule has 0 N–H and O–H groups in total. The predicted octanol–water partition coefficient (Wildman–Crippen LogP) is 19.6. The molecule has 0 saturated heterocycles. The average Bonchev–Trinajstić information content (AvgIpc) is 3.38. The maximum absolute atomic E-state index is 12.8. The monoisotopic (exact) mass is 993 g/mol. The van der Waals surface area contributed by atoms with Crippen molar-refractivity contribution in [3.63, 3.8) is 0 Å². The lowest BCUT2D eigenvalue weighted by atomic mass is 10.1. The fourth-order valence-electron chi connectivity index (χ4n) is 7.34. The molecule has 0 aliphatic rings. The van der Waals surface area contributed by atoms with Crippen LogP contribution in [0.3, 0.4) is 0 Å². The van der Waals surface area contributed by atoms with E-state index in [0.29, 0.717) is 19.3 Å². The molecule has 404 valence electrons. The summed E-state index contributed by atoms with van der Waals surface area (Å²) < 4.78 is 16.7. The first-order valence-electron chi connectivity index (χ1n) is 28.8. The average molecular weight is 994 g/mol. The highest BCUT2D eigenvalue weighted by Crippen LogP contribution is 2.13. The van der Waals surface area contributed by atoms with Crippen molar-refractivity contribution < 1.29 is 28.6 Å². The van der Waals surface area contributed by atoms with E-state index in [1.807, 2.05) is 6.08 Å². The second-order valence-electron chi connectivity index (χ2n) is 18.4. The largest absolute Gasteiger partial charge is 0.462 e. The molecule has 0 bridgehead atoms. The molecule has 0 amide bonds. The first kappa shape index (κ1) is 67.3. The summed E-state index contributed by atoms with van der Waals surface area (Å²) >= 11 is 0. The smallest absolute Gasteiger partial charge is 0.310 e. The van der Waals surface area contributed by atoms with Gasteiger partial charge in [0, 0.05) is 12.8 Å². The summed E-state index contributed by atoms with van der Waals surface area (Å²) in [5.41, 5.74) is 0. The molecule has 1 unspecified atom stereocenters. The molecule has 0 heterocycles. The molecule has 0 spiro atoms. The topological polar surface area (TPSA) is 78.9 Å². The zero-order chi connectivity index (χ0) is 52.2. The van der Waals surface area contributed by atoms with Gasteiger partial charge in [-0.1, -0.05) is 237 Å². The van der Waals surface area contributed by atoms with Crippen LogP contribution in [0.2, 0.25) is 0 Å². The van der Waals surface area contributed by atoms with Crippen molar-refractivity contribution >= 4 is 17.9 Å². The Bertz CT molecular complexity index is 1610. The molecule has 0 aromatic heterocycles. The first-order valence-corrected chi connectivity index (χ1v) is 28.8. The molecule has 72 heavy (non-hydrogen) atoms. The van der Waals surface area contributed by atoms with Gasteiger partial charge >= 0.3 is 17.9 Å². The summed E-state index contributed by atoms with van der Waals surface area (Å²) in [7, 11) is 0. The Kier molecular flexibility index (Phi) is 55.0. The van der Waals surface area contributed by atoms with Gasteiger partial charge in [-0.3, -0.25) is 14.4 Å². The van der Waals surface area contributed by atoms with Gasteiger partial charge in [-0.25, -0.2) is 0 Å². The minimum Gasteiger partial charge on any atom is -0.462 e. The summed E-state index contributed by atoms with van der Waals surface area (Å²) in [6, 6.07) is 0. The summed E-state index contributed by atoms with van der Waals surface area (Å²) in [6.45, 7) is 6.27. The Hall–Kier alpha value is -4.71. The van der Waals surface area contributed by atoms with E-state index in [1.54, 1.807) is 6.08 Å². The number of esters is 3. The van der Waals surface area contributed by atoms with Crippen molar-refractivity contribution in [2.24, 2.45) is 0 Å². The minimum atomic E-state index is -0.845. The fraction of sp³-hybridized carbons (Fsp3) is 0.591. The third-order valence-electron chi connectivity index (χ3n) is 11.6. The van der Waals surface area contributed by atoms with E-state index in [4.69, 9.17) is 14.2 Å². The van der Waals surface area contributed by atoms with E-state index in [9.17, 15) is 14.4 Å². The zero-order valence-electron chi connectivity index (χ0n) is 46.1. The van der Waals surface area contributed by atoms with Gasteiger partial charge in [-0.05, 0) is 122 Å². The molecule has 0 aliphatic carbocycles. The first-order chi connectivity index (χ1) is 35.5. The van der Waals surface area contributed by atoms with E-state index in [1.165, 1.54) is 64.2 Å². The van der Waals surface area contributed by atoms with Crippen LogP contribution in [-0.2, 0) is 28.6 Å². The van der Waals surface area contributed by atoms with Crippen LogP contribution in [0.25, 0.3) is 0 Å². The van der Waals surface area contributed by atoms with Crippen LogP contribution in [0.1, 0.15) is 233 Å². The van der Waals surface area contributed by atoms with Crippen molar-refractivity contribution in [2.75, 3.05) is 13.2 Å². The summed E-state index contributed by atoms with van der Waals surface area (Å²) in [5, 5.41) is 0. The Morgan fingerprint density at radius 1 is 0.306 bits per heavy atom. The number of carbonyl (C=O) groups is 3. The van der Waals surface area contributed by atoms with Crippen molar-refractivity contribution in [1.82, 2.24) is 0 Å². The summed E-state index contributed by atoms with van der Waals surface area (Å²) in [6.07, 6.45) is 84.4. The number of unbranched alkanes of at least 4 members (excludes halogenated alkanes) is 16. The second-order valence-corrected chi connectivity index (χ2v) is 18.4. The number of rotatable bonds is 50. The molecule has 0 aromatic carbocycles. The van der Waals surface area contributed by atoms with Gasteiger partial charge in [0.2, 0.25) is 0 Å². The fourth-order valence-corrected chi connectivity index (χ4v) is 7.34. The Morgan fingerprint density at radius 2 is 0.583 bits per heavy atom. The van der Waals surface area contributed by atoms with Crippen LogP contribution in [0.4, 0.5) is 0 Å². The van der Waals surface area contributed by atoms with E-state index >= 15 is 0 Å². The normalized spacial score (nSPS) is 13.2. The van der Waals surface area contributed by atoms with Gasteiger partial charge in [0.25, 0.3) is 0 Å². The van der Waals surface area contributed by atoms with Gasteiger partial charge in [0.05, 0.1) is 6.42 Å². The Morgan fingerprint density at radius 3 is 0.931 bits per heavy atom. The number of carbonyl (C=O) groups excluding carboxylic acids is 3.